The first-order chi connectivity index (χ1) is 7.30. The van der Waals surface area contributed by atoms with Crippen LogP contribution in [0.15, 0.2) is 18.2 Å². The minimum absolute atomic E-state index is 0.212. The quantitative estimate of drug-likeness (QED) is 0.550. The minimum Gasteiger partial charge on any atom is -0.472 e. The summed E-state index contributed by atoms with van der Waals surface area (Å²) in [4.78, 5) is 10.1. The molecule has 0 aliphatic carbocycles. The van der Waals surface area contributed by atoms with Crippen LogP contribution < -0.4 is 0 Å². The molecule has 0 aliphatic rings. The molecule has 0 atom stereocenters. The van der Waals surface area contributed by atoms with Gasteiger partial charge in [-0.15, -0.1) is 0 Å². The number of carbonyl (C=O) groups is 1. The Morgan fingerprint density at radius 1 is 1.31 bits per heavy atom. The first-order valence-corrected chi connectivity index (χ1v) is 3.92. The van der Waals surface area contributed by atoms with Crippen molar-refractivity contribution in [3.05, 3.63) is 35.1 Å². The number of halogens is 4. The first kappa shape index (κ1) is 12.0. The summed E-state index contributed by atoms with van der Waals surface area (Å²) in [5.41, 5.74) is -1.68. The maximum absolute atomic E-state index is 12.8. The fourth-order valence-electron chi connectivity index (χ4n) is 0.946. The van der Waals surface area contributed by atoms with Crippen molar-refractivity contribution in [2.75, 3.05) is 0 Å². The van der Waals surface area contributed by atoms with Crippen LogP contribution in [-0.4, -0.2) is 11.1 Å². The fourth-order valence-corrected chi connectivity index (χ4v) is 0.946. The van der Waals surface area contributed by atoms with Crippen molar-refractivity contribution >= 4 is 5.97 Å². The van der Waals surface area contributed by atoms with E-state index in [9.17, 15) is 22.4 Å². The third kappa shape index (κ3) is 2.98. The maximum Gasteiger partial charge on any atom is 0.419 e. The van der Waals surface area contributed by atoms with Crippen molar-refractivity contribution in [1.29, 1.82) is 0 Å². The monoisotopic (exact) mass is 232 g/mol. The number of hydrogen-bond donors (Lipinski definition) is 1. The summed E-state index contributed by atoms with van der Waals surface area (Å²) >= 11 is 0. The molecule has 6 heteroatoms. The van der Waals surface area contributed by atoms with Gasteiger partial charge in [0.1, 0.15) is 5.82 Å². The smallest absolute Gasteiger partial charge is 0.419 e. The molecule has 0 bridgehead atoms. The number of aliphatic carboxylic acids is 1. The molecule has 0 heterocycles. The van der Waals surface area contributed by atoms with E-state index in [0.29, 0.717) is 12.1 Å². The predicted molar refractivity (Wildman–Crippen MR) is 45.9 cm³/mol. The highest BCUT2D eigenvalue weighted by molar-refractivity contribution is 5.87. The van der Waals surface area contributed by atoms with Gasteiger partial charge in [-0.1, -0.05) is 5.92 Å². The Kier molecular flexibility index (Phi) is 3.18. The van der Waals surface area contributed by atoms with Gasteiger partial charge in [0.05, 0.1) is 5.56 Å². The van der Waals surface area contributed by atoms with Crippen LogP contribution in [0.5, 0.6) is 0 Å². The molecule has 16 heavy (non-hydrogen) atoms. The van der Waals surface area contributed by atoms with Gasteiger partial charge in [0.15, 0.2) is 0 Å². The highest BCUT2D eigenvalue weighted by Gasteiger charge is 2.34. The van der Waals surface area contributed by atoms with Gasteiger partial charge in [-0.3, -0.25) is 0 Å². The molecule has 0 fully saturated rings. The molecule has 1 aromatic rings. The number of alkyl halides is 3. The first-order valence-electron chi connectivity index (χ1n) is 3.92. The van der Waals surface area contributed by atoms with Gasteiger partial charge in [-0.25, -0.2) is 9.18 Å². The molecule has 2 nitrogen and oxygen atoms in total. The minimum atomic E-state index is -4.83. The maximum atomic E-state index is 12.8. The number of carboxylic acid groups (broad SMARTS) is 1. The zero-order chi connectivity index (χ0) is 12.3. The van der Waals surface area contributed by atoms with Crippen molar-refractivity contribution in [2.45, 2.75) is 6.18 Å². The van der Waals surface area contributed by atoms with Crippen LogP contribution in [0, 0.1) is 17.7 Å². The second kappa shape index (κ2) is 4.23. The van der Waals surface area contributed by atoms with Crippen LogP contribution in [0.2, 0.25) is 0 Å². The molecule has 0 saturated heterocycles. The second-order valence-corrected chi connectivity index (χ2v) is 2.75. The fraction of sp³-hybridized carbons (Fsp3) is 0.100. The highest BCUT2D eigenvalue weighted by atomic mass is 19.4. The zero-order valence-electron chi connectivity index (χ0n) is 7.60. The normalized spacial score (nSPS) is 10.5. The molecule has 1 N–H and O–H groups in total. The van der Waals surface area contributed by atoms with E-state index >= 15 is 0 Å². The van der Waals surface area contributed by atoms with Gasteiger partial charge in [0.25, 0.3) is 0 Å². The Hall–Kier alpha value is -2.03. The number of rotatable bonds is 0. The molecule has 1 rings (SSSR count). The predicted octanol–water partition coefficient (Wildman–Crippen LogP) is 2.28. The van der Waals surface area contributed by atoms with Gasteiger partial charge >= 0.3 is 12.1 Å². The van der Waals surface area contributed by atoms with E-state index in [1.807, 2.05) is 5.92 Å². The zero-order valence-corrected chi connectivity index (χ0v) is 7.60. The van der Waals surface area contributed by atoms with E-state index in [1.165, 1.54) is 0 Å². The average molecular weight is 232 g/mol. The highest BCUT2D eigenvalue weighted by Crippen LogP contribution is 2.31. The summed E-state index contributed by atoms with van der Waals surface area (Å²) in [6.07, 6.45) is -4.83. The van der Waals surface area contributed by atoms with Crippen molar-refractivity contribution in [2.24, 2.45) is 0 Å². The van der Waals surface area contributed by atoms with E-state index in [1.54, 1.807) is 5.92 Å². The van der Waals surface area contributed by atoms with Crippen LogP contribution in [0.3, 0.4) is 0 Å². The SMILES string of the molecule is O=C(O)C#Cc1ccc(F)c(C(F)(F)F)c1. The van der Waals surface area contributed by atoms with Gasteiger partial charge in [-0.05, 0) is 18.2 Å². The Morgan fingerprint density at radius 3 is 2.44 bits per heavy atom. The van der Waals surface area contributed by atoms with Crippen molar-refractivity contribution < 1.29 is 27.5 Å². The van der Waals surface area contributed by atoms with Crippen LogP contribution in [-0.2, 0) is 11.0 Å². The van der Waals surface area contributed by atoms with Crippen molar-refractivity contribution in [1.82, 2.24) is 0 Å². The Morgan fingerprint density at radius 2 is 1.94 bits per heavy atom. The summed E-state index contributed by atoms with van der Waals surface area (Å²) in [5.74, 6) is 0.707. The lowest BCUT2D eigenvalue weighted by Gasteiger charge is -2.07. The van der Waals surface area contributed by atoms with Gasteiger partial charge < -0.3 is 5.11 Å². The van der Waals surface area contributed by atoms with Crippen molar-refractivity contribution in [3.63, 3.8) is 0 Å². The van der Waals surface area contributed by atoms with Crippen molar-refractivity contribution in [3.8, 4) is 11.8 Å². The van der Waals surface area contributed by atoms with E-state index in [0.717, 1.165) is 6.07 Å². The molecule has 0 aliphatic heterocycles. The lowest BCUT2D eigenvalue weighted by atomic mass is 10.1. The Balaban J connectivity index is 3.20. The molecule has 0 unspecified atom stereocenters. The molecule has 0 amide bonds. The topological polar surface area (TPSA) is 37.3 Å². The van der Waals surface area contributed by atoms with Gasteiger partial charge in [-0.2, -0.15) is 13.2 Å². The molecule has 0 aromatic heterocycles. The molecule has 84 valence electrons. The third-order valence-electron chi connectivity index (χ3n) is 1.59. The second-order valence-electron chi connectivity index (χ2n) is 2.75. The lowest BCUT2D eigenvalue weighted by molar-refractivity contribution is -0.140. The molecular formula is C10H4F4O2. The lowest BCUT2D eigenvalue weighted by Crippen LogP contribution is -2.08. The van der Waals surface area contributed by atoms with E-state index < -0.39 is 23.5 Å². The summed E-state index contributed by atoms with van der Waals surface area (Å²) in [7, 11) is 0. The molecular weight excluding hydrogens is 228 g/mol. The van der Waals surface area contributed by atoms with Gasteiger partial charge in [0.2, 0.25) is 0 Å². The van der Waals surface area contributed by atoms with Crippen LogP contribution >= 0.6 is 0 Å². The van der Waals surface area contributed by atoms with E-state index in [2.05, 4.69) is 0 Å². The third-order valence-corrected chi connectivity index (χ3v) is 1.59. The number of hydrogen-bond acceptors (Lipinski definition) is 1. The van der Waals surface area contributed by atoms with Crippen LogP contribution in [0.4, 0.5) is 17.6 Å². The summed E-state index contributed by atoms with van der Waals surface area (Å²) in [5, 5.41) is 8.19. The van der Waals surface area contributed by atoms with E-state index in [-0.39, 0.29) is 5.56 Å². The number of carboxylic acids is 1. The molecule has 0 saturated carbocycles. The average Bonchev–Trinajstić information content (AvgIpc) is 2.14. The Labute approximate surface area is 87.5 Å². The van der Waals surface area contributed by atoms with Crippen LogP contribution in [0.25, 0.3) is 0 Å². The van der Waals surface area contributed by atoms with Gasteiger partial charge in [0, 0.05) is 11.5 Å². The number of benzene rings is 1. The summed E-state index contributed by atoms with van der Waals surface area (Å²) in [6.45, 7) is 0. The van der Waals surface area contributed by atoms with Crippen LogP contribution in [0.1, 0.15) is 11.1 Å². The molecule has 1 aromatic carbocycles. The molecule has 0 radical (unpaired) electrons. The summed E-state index contributed by atoms with van der Waals surface area (Å²) < 4.78 is 49.4. The van der Waals surface area contributed by atoms with E-state index in [4.69, 9.17) is 5.11 Å². The standard InChI is InChI=1S/C10H4F4O2/c11-8-3-1-6(2-4-9(15)16)5-7(8)10(12,13)14/h1,3,5H,(H,15,16). The summed E-state index contributed by atoms with van der Waals surface area (Å²) in [6, 6.07) is 2.03. The Bertz CT molecular complexity index is 480. The molecule has 0 spiro atoms. The largest absolute Gasteiger partial charge is 0.472 e.